The lowest BCUT2D eigenvalue weighted by Gasteiger charge is -2.12. The molecule has 0 unspecified atom stereocenters. The molecule has 0 radical (unpaired) electrons. The van der Waals surface area contributed by atoms with Gasteiger partial charge in [0.1, 0.15) is 16.9 Å². The minimum atomic E-state index is -0.568. The van der Waals surface area contributed by atoms with Crippen LogP contribution in [0.15, 0.2) is 63.1 Å². The van der Waals surface area contributed by atoms with Crippen molar-refractivity contribution in [2.75, 3.05) is 12.4 Å². The summed E-state index contributed by atoms with van der Waals surface area (Å²) in [5.41, 5.74) is 1.40. The van der Waals surface area contributed by atoms with Crippen LogP contribution in [0.1, 0.15) is 24.7 Å². The number of esters is 1. The minimum Gasteiger partial charge on any atom is -0.467 e. The number of rotatable bonds is 11. The van der Waals surface area contributed by atoms with Crippen molar-refractivity contribution >= 4 is 57.4 Å². The van der Waals surface area contributed by atoms with Gasteiger partial charge in [0.05, 0.1) is 25.2 Å². The summed E-state index contributed by atoms with van der Waals surface area (Å²) in [5, 5.41) is 0.359. The van der Waals surface area contributed by atoms with E-state index in [1.54, 1.807) is 19.1 Å². The molecule has 4 rings (SSSR count). The fourth-order valence-electron chi connectivity index (χ4n) is 3.47. The maximum atomic E-state index is 13.5. The number of furan rings is 1. The molecule has 4 aromatic rings. The first-order valence-electron chi connectivity index (χ1n) is 11.0. The van der Waals surface area contributed by atoms with Gasteiger partial charge in [0.15, 0.2) is 20.5 Å². The molecule has 35 heavy (non-hydrogen) atoms. The fourth-order valence-corrected chi connectivity index (χ4v) is 5.65. The van der Waals surface area contributed by atoms with Crippen molar-refractivity contribution in [1.82, 2.24) is 14.1 Å². The van der Waals surface area contributed by atoms with Gasteiger partial charge >= 0.3 is 5.97 Å². The third kappa shape index (κ3) is 6.16. The Morgan fingerprint density at radius 1 is 1.17 bits per heavy atom. The van der Waals surface area contributed by atoms with Gasteiger partial charge in [-0.05, 0) is 43.3 Å². The van der Waals surface area contributed by atoms with Gasteiger partial charge in [-0.1, -0.05) is 53.4 Å². The predicted octanol–water partition coefficient (Wildman–Crippen LogP) is 4.49. The van der Waals surface area contributed by atoms with E-state index in [9.17, 15) is 14.4 Å². The Hall–Kier alpha value is -3.02. The second kappa shape index (κ2) is 11.6. The van der Waals surface area contributed by atoms with Crippen LogP contribution in [0.3, 0.4) is 0 Å². The van der Waals surface area contributed by atoms with Crippen LogP contribution >= 0.6 is 35.3 Å². The van der Waals surface area contributed by atoms with E-state index in [2.05, 4.69) is 0 Å². The Labute approximate surface area is 214 Å². The number of carbonyl (C=O) groups is 2. The van der Waals surface area contributed by atoms with Crippen LogP contribution in [-0.4, -0.2) is 38.2 Å². The van der Waals surface area contributed by atoms with E-state index in [-0.39, 0.29) is 36.7 Å². The van der Waals surface area contributed by atoms with Crippen LogP contribution in [-0.2, 0) is 33.8 Å². The van der Waals surface area contributed by atoms with Crippen molar-refractivity contribution in [3.63, 3.8) is 0 Å². The summed E-state index contributed by atoms with van der Waals surface area (Å²) in [7, 11) is 0. The van der Waals surface area contributed by atoms with Crippen molar-refractivity contribution < 1.29 is 18.7 Å². The number of carbonyl (C=O) groups excluding carboxylic acids is 2. The molecule has 0 bridgehead atoms. The minimum absolute atomic E-state index is 0.0240. The molecule has 1 aromatic carbocycles. The number of hydrogen-bond donors (Lipinski definition) is 0. The fraction of sp³-hybridized carbons (Fsp3) is 0.292. The van der Waals surface area contributed by atoms with Crippen LogP contribution in [0.2, 0.25) is 0 Å². The average Bonchev–Trinajstić information content (AvgIpc) is 3.46. The summed E-state index contributed by atoms with van der Waals surface area (Å²) in [6.07, 6.45) is 1.95. The summed E-state index contributed by atoms with van der Waals surface area (Å²) in [5.74, 6) is -0.315. The molecule has 0 amide bonds. The monoisotopic (exact) mass is 529 g/mol. The van der Waals surface area contributed by atoms with Crippen molar-refractivity contribution in [3.05, 3.63) is 74.4 Å². The van der Waals surface area contributed by atoms with Gasteiger partial charge in [0, 0.05) is 6.54 Å². The lowest BCUT2D eigenvalue weighted by Crippen LogP contribution is -2.24. The molecular formula is C24H23N3O5S3. The number of aryl methyl sites for hydroxylation is 2. The molecule has 3 aromatic heterocycles. The van der Waals surface area contributed by atoms with E-state index < -0.39 is 5.97 Å². The Balaban J connectivity index is 1.67. The van der Waals surface area contributed by atoms with Crippen molar-refractivity contribution in [3.8, 4) is 0 Å². The molecular weight excluding hydrogens is 506 g/mol. The second-order valence-electron chi connectivity index (χ2n) is 7.58. The molecule has 0 fully saturated rings. The zero-order chi connectivity index (χ0) is 24.8. The smallest absolute Gasteiger partial charge is 0.313 e. The number of ketones is 1. The maximum absolute atomic E-state index is 13.5. The molecule has 0 spiro atoms. The molecule has 0 aliphatic carbocycles. The third-order valence-electron chi connectivity index (χ3n) is 5.11. The summed E-state index contributed by atoms with van der Waals surface area (Å²) >= 11 is 7.91. The molecule has 0 aliphatic rings. The zero-order valence-electron chi connectivity index (χ0n) is 19.0. The number of aromatic nitrogens is 3. The lowest BCUT2D eigenvalue weighted by molar-refractivity contribution is -0.145. The number of thioether (sulfide) groups is 1. The Morgan fingerprint density at radius 3 is 2.69 bits per heavy atom. The van der Waals surface area contributed by atoms with Crippen LogP contribution < -0.4 is 5.56 Å². The van der Waals surface area contributed by atoms with Gasteiger partial charge in [-0.2, -0.15) is 0 Å². The largest absolute Gasteiger partial charge is 0.467 e. The first-order chi connectivity index (χ1) is 17.0. The van der Waals surface area contributed by atoms with Gasteiger partial charge in [-0.15, -0.1) is 0 Å². The SMILES string of the molecule is CCOC(=O)CC(=O)CSc1nc2c(sc(=S)n2CCc2ccccc2)c(=O)n1Cc1ccco1. The third-order valence-corrected chi connectivity index (χ3v) is 7.57. The van der Waals surface area contributed by atoms with E-state index in [1.165, 1.54) is 22.2 Å². The Bertz CT molecular complexity index is 1440. The highest BCUT2D eigenvalue weighted by atomic mass is 32.2. The van der Waals surface area contributed by atoms with Gasteiger partial charge in [0.25, 0.3) is 5.56 Å². The highest BCUT2D eigenvalue weighted by Crippen LogP contribution is 2.24. The molecule has 3 heterocycles. The molecule has 11 heteroatoms. The van der Waals surface area contributed by atoms with Crippen molar-refractivity contribution in [2.24, 2.45) is 0 Å². The molecule has 0 saturated carbocycles. The van der Waals surface area contributed by atoms with Crippen LogP contribution in [0, 0.1) is 3.95 Å². The number of fused-ring (bicyclic) bond motifs is 1. The first-order valence-corrected chi connectivity index (χ1v) is 13.2. The number of thiazole rings is 1. The van der Waals surface area contributed by atoms with Gasteiger partial charge in [-0.25, -0.2) is 4.98 Å². The summed E-state index contributed by atoms with van der Waals surface area (Å²) in [6, 6.07) is 13.5. The molecule has 182 valence electrons. The molecule has 8 nitrogen and oxygen atoms in total. The number of benzene rings is 1. The van der Waals surface area contributed by atoms with E-state index in [1.807, 2.05) is 34.9 Å². The number of hydrogen-bond acceptors (Lipinski definition) is 9. The predicted molar refractivity (Wildman–Crippen MR) is 138 cm³/mol. The average molecular weight is 530 g/mol. The standard InChI is InChI=1S/C24H23N3O5S3/c1-2-31-19(29)13-17(28)15-34-23-25-21-20(22(30)27(23)14-18-9-6-12-32-18)35-24(33)26(21)11-10-16-7-4-3-5-8-16/h3-9,12H,2,10-11,13-15H2,1H3. The van der Waals surface area contributed by atoms with Crippen LogP contribution in [0.5, 0.6) is 0 Å². The van der Waals surface area contributed by atoms with Crippen LogP contribution in [0.4, 0.5) is 0 Å². The van der Waals surface area contributed by atoms with E-state index in [0.717, 1.165) is 23.7 Å². The van der Waals surface area contributed by atoms with Crippen molar-refractivity contribution in [2.45, 2.75) is 38.0 Å². The zero-order valence-corrected chi connectivity index (χ0v) is 21.4. The van der Waals surface area contributed by atoms with E-state index >= 15 is 0 Å². The molecule has 0 aliphatic heterocycles. The summed E-state index contributed by atoms with van der Waals surface area (Å²) in [4.78, 5) is 42.2. The molecule has 0 N–H and O–H groups in total. The Morgan fingerprint density at radius 2 is 1.97 bits per heavy atom. The number of Topliss-reactive ketones (excluding diaryl/α,β-unsaturated/α-hetero) is 1. The van der Waals surface area contributed by atoms with Gasteiger partial charge < -0.3 is 13.7 Å². The Kier molecular flexibility index (Phi) is 8.32. The quantitative estimate of drug-likeness (QED) is 0.0922. The number of nitrogens with zero attached hydrogens (tertiary/aromatic N) is 3. The second-order valence-corrected chi connectivity index (χ2v) is 10.2. The summed E-state index contributed by atoms with van der Waals surface area (Å²) in [6.45, 7) is 2.64. The van der Waals surface area contributed by atoms with Crippen molar-refractivity contribution in [1.29, 1.82) is 0 Å². The molecule has 0 saturated heterocycles. The highest BCUT2D eigenvalue weighted by Gasteiger charge is 2.19. The lowest BCUT2D eigenvalue weighted by atomic mass is 10.1. The number of ether oxygens (including phenoxy) is 1. The molecule has 0 atom stereocenters. The summed E-state index contributed by atoms with van der Waals surface area (Å²) < 4.78 is 14.7. The van der Waals surface area contributed by atoms with E-state index in [4.69, 9.17) is 26.4 Å². The van der Waals surface area contributed by atoms with Crippen LogP contribution in [0.25, 0.3) is 10.3 Å². The van der Waals surface area contributed by atoms with Gasteiger partial charge in [-0.3, -0.25) is 19.0 Å². The van der Waals surface area contributed by atoms with E-state index in [0.29, 0.717) is 31.8 Å². The normalized spacial score (nSPS) is 11.1. The van der Waals surface area contributed by atoms with Gasteiger partial charge in [0.2, 0.25) is 0 Å². The highest BCUT2D eigenvalue weighted by molar-refractivity contribution is 7.99. The topological polar surface area (TPSA) is 96.3 Å². The first kappa shape index (κ1) is 25.1. The maximum Gasteiger partial charge on any atom is 0.313 e.